The molecule has 0 bridgehead atoms. The van der Waals surface area contributed by atoms with Gasteiger partial charge in [0.05, 0.1) is 42.0 Å². The molecule has 0 unspecified atom stereocenters. The molecule has 1 amide bonds. The maximum Gasteiger partial charge on any atom is 0.407 e. The van der Waals surface area contributed by atoms with Crippen LogP contribution < -0.4 is 10.1 Å². The van der Waals surface area contributed by atoms with E-state index in [0.29, 0.717) is 0 Å². The van der Waals surface area contributed by atoms with Crippen molar-refractivity contribution >= 4 is 23.4 Å². The standard InChI is InChI=1S/C42H39NO12/c1-19-36(45)28(43-41(50)53-18-27-23-11-6-4-9-21(23)22-10-5-7-12-24(22)27)15-31(54-19)55-30-17-42(51,20(2)44)16-26-33(30)40(49)35-34(38(26)47)37(46)25-13-8-14-29(52-3)32(25)39(35)48/h4-14,19,27-28,30-31,36,45,47,49,51H,15-18H2,1-3H3,(H,43,50)/t19-,28-,30-,31-,36+,42-/m0/s1. The van der Waals surface area contributed by atoms with Gasteiger partial charge in [-0.25, -0.2) is 4.79 Å². The summed E-state index contributed by atoms with van der Waals surface area (Å²) < 4.78 is 23.3. The second-order valence-electron chi connectivity index (χ2n) is 14.5. The molecule has 13 nitrogen and oxygen atoms in total. The van der Waals surface area contributed by atoms with Gasteiger partial charge in [-0.3, -0.25) is 14.4 Å². The highest BCUT2D eigenvalue weighted by molar-refractivity contribution is 6.31. The van der Waals surface area contributed by atoms with E-state index in [2.05, 4.69) is 5.32 Å². The van der Waals surface area contributed by atoms with Crippen LogP contribution in [0.4, 0.5) is 4.79 Å². The summed E-state index contributed by atoms with van der Waals surface area (Å²) in [7, 11) is 1.33. The number of phenols is 2. The Morgan fingerprint density at radius 2 is 1.53 bits per heavy atom. The minimum atomic E-state index is -2.10. The van der Waals surface area contributed by atoms with Gasteiger partial charge in [0.25, 0.3) is 0 Å². The van der Waals surface area contributed by atoms with Crippen molar-refractivity contribution in [2.24, 2.45) is 0 Å². The highest BCUT2D eigenvalue weighted by Crippen LogP contribution is 2.53. The first-order valence-electron chi connectivity index (χ1n) is 18.0. The number of ketones is 3. The molecule has 1 fully saturated rings. The lowest BCUT2D eigenvalue weighted by atomic mass is 9.72. The number of fused-ring (bicyclic) bond motifs is 6. The normalized spacial score (nSPS) is 25.2. The zero-order valence-electron chi connectivity index (χ0n) is 30.2. The van der Waals surface area contributed by atoms with E-state index in [-0.39, 0.29) is 46.9 Å². The first-order valence-corrected chi connectivity index (χ1v) is 18.0. The molecule has 4 aromatic carbocycles. The van der Waals surface area contributed by atoms with Gasteiger partial charge in [-0.2, -0.15) is 0 Å². The molecule has 55 heavy (non-hydrogen) atoms. The molecule has 4 aliphatic rings. The van der Waals surface area contributed by atoms with Gasteiger partial charge in [-0.1, -0.05) is 60.7 Å². The number of carbonyl (C=O) groups is 4. The highest BCUT2D eigenvalue weighted by atomic mass is 16.7. The molecule has 4 aromatic rings. The molecule has 0 aromatic heterocycles. The Morgan fingerprint density at radius 1 is 0.891 bits per heavy atom. The van der Waals surface area contributed by atoms with E-state index < -0.39 is 95.2 Å². The number of alkyl carbamates (subject to hydrolysis) is 1. The van der Waals surface area contributed by atoms with E-state index in [9.17, 15) is 39.6 Å². The molecular formula is C42H39NO12. The predicted octanol–water partition coefficient (Wildman–Crippen LogP) is 4.61. The summed E-state index contributed by atoms with van der Waals surface area (Å²) in [6.07, 6.45) is -6.43. The minimum absolute atomic E-state index is 0.0435. The fourth-order valence-corrected chi connectivity index (χ4v) is 8.56. The van der Waals surface area contributed by atoms with E-state index >= 15 is 0 Å². The number of rotatable bonds is 7. The van der Waals surface area contributed by atoms with Crippen LogP contribution in [0.2, 0.25) is 0 Å². The van der Waals surface area contributed by atoms with Gasteiger partial charge in [-0.05, 0) is 42.2 Å². The lowest BCUT2D eigenvalue weighted by molar-refractivity contribution is -0.249. The number of amides is 1. The number of hydrogen-bond acceptors (Lipinski definition) is 12. The number of carbonyl (C=O) groups excluding carboxylic acids is 4. The van der Waals surface area contributed by atoms with Crippen LogP contribution in [0.3, 0.4) is 0 Å². The van der Waals surface area contributed by atoms with Crippen molar-refractivity contribution in [3.8, 4) is 28.4 Å². The molecule has 0 radical (unpaired) electrons. The fourth-order valence-electron chi connectivity index (χ4n) is 8.56. The summed E-state index contributed by atoms with van der Waals surface area (Å²) >= 11 is 0. The van der Waals surface area contributed by atoms with Crippen molar-refractivity contribution in [3.05, 3.63) is 111 Å². The van der Waals surface area contributed by atoms with Crippen molar-refractivity contribution in [2.75, 3.05) is 13.7 Å². The summed E-state index contributed by atoms with van der Waals surface area (Å²) in [4.78, 5) is 53.8. The molecule has 1 saturated heterocycles. The quantitative estimate of drug-likeness (QED) is 0.145. The summed E-state index contributed by atoms with van der Waals surface area (Å²) in [5, 5.41) is 48.8. The first-order chi connectivity index (χ1) is 26.3. The predicted molar refractivity (Wildman–Crippen MR) is 194 cm³/mol. The lowest BCUT2D eigenvalue weighted by Crippen LogP contribution is -2.56. The smallest absolute Gasteiger partial charge is 0.407 e. The highest BCUT2D eigenvalue weighted by Gasteiger charge is 2.50. The largest absolute Gasteiger partial charge is 0.507 e. The van der Waals surface area contributed by atoms with Crippen molar-refractivity contribution in [3.63, 3.8) is 0 Å². The number of nitrogens with one attached hydrogen (secondary N) is 1. The number of methoxy groups -OCH3 is 1. The number of Topliss-reactive ketones (excluding diaryl/α,β-unsaturated/α-hetero) is 1. The molecule has 1 aliphatic heterocycles. The van der Waals surface area contributed by atoms with Crippen LogP contribution in [-0.4, -0.2) is 87.7 Å². The van der Waals surface area contributed by atoms with E-state index in [1.54, 1.807) is 6.92 Å². The van der Waals surface area contributed by atoms with E-state index in [1.165, 1.54) is 32.2 Å². The van der Waals surface area contributed by atoms with Crippen molar-refractivity contribution in [2.45, 2.75) is 75.3 Å². The van der Waals surface area contributed by atoms with Gasteiger partial charge in [0, 0.05) is 41.9 Å². The summed E-state index contributed by atoms with van der Waals surface area (Å²) in [5.41, 5.74) is 0.790. The van der Waals surface area contributed by atoms with Crippen LogP contribution in [0, 0.1) is 0 Å². The molecule has 5 N–H and O–H groups in total. The van der Waals surface area contributed by atoms with Crippen LogP contribution in [0.5, 0.6) is 17.2 Å². The average Bonchev–Trinajstić information content (AvgIpc) is 3.49. The van der Waals surface area contributed by atoms with Crippen LogP contribution in [0.1, 0.15) is 92.8 Å². The third-order valence-corrected chi connectivity index (χ3v) is 11.4. The van der Waals surface area contributed by atoms with Crippen LogP contribution in [0.15, 0.2) is 66.7 Å². The lowest BCUT2D eigenvalue weighted by Gasteiger charge is -2.42. The Bertz CT molecular complexity index is 2240. The van der Waals surface area contributed by atoms with Gasteiger partial charge in [0.2, 0.25) is 5.78 Å². The number of benzene rings is 4. The number of aliphatic hydroxyl groups is 2. The zero-order valence-corrected chi connectivity index (χ0v) is 30.2. The maximum absolute atomic E-state index is 14.0. The molecule has 3 aliphatic carbocycles. The third kappa shape index (κ3) is 5.86. The zero-order chi connectivity index (χ0) is 38.9. The molecule has 0 saturated carbocycles. The Balaban J connectivity index is 1.06. The number of hydrogen-bond donors (Lipinski definition) is 5. The van der Waals surface area contributed by atoms with Gasteiger partial charge in [0.1, 0.15) is 35.6 Å². The SMILES string of the molecule is COc1cccc2c1C(=O)c1c(O)c3c(c(O)c1C2=O)C[C@@](O)(C(C)=O)C[C@@H]3O[C@H]1C[C@H](NC(=O)OCC2c3ccccc3-c3ccccc32)[C@H](O)[C@H](C)O1. The topological polar surface area (TPSA) is 198 Å². The van der Waals surface area contributed by atoms with E-state index in [4.69, 9.17) is 18.9 Å². The van der Waals surface area contributed by atoms with Crippen LogP contribution >= 0.6 is 0 Å². The van der Waals surface area contributed by atoms with Gasteiger partial charge < -0.3 is 44.7 Å². The number of aliphatic hydroxyl groups excluding tert-OH is 1. The first kappa shape index (κ1) is 36.4. The van der Waals surface area contributed by atoms with E-state index in [0.717, 1.165) is 22.3 Å². The molecule has 1 heterocycles. The van der Waals surface area contributed by atoms with Crippen molar-refractivity contribution in [1.29, 1.82) is 0 Å². The van der Waals surface area contributed by atoms with Gasteiger partial charge in [-0.15, -0.1) is 0 Å². The Kier molecular flexibility index (Phi) is 9.00. The van der Waals surface area contributed by atoms with Gasteiger partial charge >= 0.3 is 6.09 Å². The maximum atomic E-state index is 14.0. The Morgan fingerprint density at radius 3 is 2.18 bits per heavy atom. The minimum Gasteiger partial charge on any atom is -0.507 e. The van der Waals surface area contributed by atoms with Crippen molar-refractivity contribution < 1.29 is 58.6 Å². The average molecular weight is 750 g/mol. The molecule has 8 rings (SSSR count). The van der Waals surface area contributed by atoms with Crippen LogP contribution in [0.25, 0.3) is 11.1 Å². The number of aromatic hydroxyl groups is 2. The Hall–Kier alpha value is -5.60. The Labute approximate surface area is 315 Å². The second-order valence-corrected chi connectivity index (χ2v) is 14.5. The summed E-state index contributed by atoms with van der Waals surface area (Å²) in [5.74, 6) is -3.63. The summed E-state index contributed by atoms with van der Waals surface area (Å²) in [6.45, 7) is 2.78. The molecule has 0 spiro atoms. The van der Waals surface area contributed by atoms with E-state index in [1.807, 2.05) is 48.5 Å². The van der Waals surface area contributed by atoms with Crippen LogP contribution in [-0.2, 0) is 25.4 Å². The molecule has 284 valence electrons. The van der Waals surface area contributed by atoms with Gasteiger partial charge in [0.15, 0.2) is 17.9 Å². The summed E-state index contributed by atoms with van der Waals surface area (Å²) in [6, 6.07) is 19.3. The number of phenolic OH excluding ortho intramolecular Hbond substituents is 2. The molecule has 6 atom stereocenters. The fraction of sp³-hybridized carbons (Fsp3) is 0.333. The molecule has 13 heteroatoms. The number of ether oxygens (including phenoxy) is 4. The third-order valence-electron chi connectivity index (χ3n) is 11.4. The second kappa shape index (κ2) is 13.6. The molecular weight excluding hydrogens is 710 g/mol. The monoisotopic (exact) mass is 749 g/mol. The van der Waals surface area contributed by atoms with Crippen molar-refractivity contribution in [1.82, 2.24) is 5.32 Å².